The number of halogens is 1. The van der Waals surface area contributed by atoms with Crippen LogP contribution >= 0.6 is 34.7 Å². The first-order valence-electron chi connectivity index (χ1n) is 9.07. The van der Waals surface area contributed by atoms with E-state index < -0.39 is 0 Å². The van der Waals surface area contributed by atoms with Crippen LogP contribution in [0.4, 0.5) is 5.00 Å². The first-order chi connectivity index (χ1) is 14.5. The van der Waals surface area contributed by atoms with Gasteiger partial charge < -0.3 is 20.1 Å². The van der Waals surface area contributed by atoms with Gasteiger partial charge in [0.2, 0.25) is 0 Å². The maximum atomic E-state index is 12.9. The van der Waals surface area contributed by atoms with Crippen molar-refractivity contribution in [2.45, 2.75) is 17.4 Å². The van der Waals surface area contributed by atoms with Gasteiger partial charge in [-0.25, -0.2) is 4.98 Å². The Morgan fingerprint density at radius 3 is 2.63 bits per heavy atom. The number of hydrogen-bond donors (Lipinski definition) is 2. The maximum absolute atomic E-state index is 12.9. The van der Waals surface area contributed by atoms with Crippen molar-refractivity contribution in [3.63, 3.8) is 0 Å². The van der Waals surface area contributed by atoms with Gasteiger partial charge in [0.25, 0.3) is 5.91 Å². The summed E-state index contributed by atoms with van der Waals surface area (Å²) >= 11 is 9.18. The Morgan fingerprint density at radius 2 is 1.93 bits per heavy atom. The minimum atomic E-state index is -0.258. The van der Waals surface area contributed by atoms with E-state index in [1.165, 1.54) is 23.1 Å². The fourth-order valence-electron chi connectivity index (χ4n) is 2.74. The number of hydrogen-bond acceptors (Lipinski definition) is 7. The lowest BCUT2D eigenvalue weighted by atomic mass is 10.2. The molecule has 30 heavy (non-hydrogen) atoms. The van der Waals surface area contributed by atoms with Crippen molar-refractivity contribution in [2.24, 2.45) is 0 Å². The van der Waals surface area contributed by atoms with Gasteiger partial charge in [0.05, 0.1) is 14.2 Å². The smallest absolute Gasteiger partial charge is 0.273 e. The number of thiazole rings is 1. The first kappa shape index (κ1) is 22.3. The number of carbonyl (C=O) groups excluding carboxylic acids is 1. The molecule has 0 bridgehead atoms. The molecule has 1 amide bonds. The van der Waals surface area contributed by atoms with Crippen LogP contribution in [0.2, 0.25) is 5.02 Å². The molecular weight excluding hydrogens is 442 g/mol. The molecule has 0 spiro atoms. The van der Waals surface area contributed by atoms with Gasteiger partial charge in [0.1, 0.15) is 16.5 Å². The number of rotatable bonds is 9. The van der Waals surface area contributed by atoms with E-state index in [-0.39, 0.29) is 5.91 Å². The van der Waals surface area contributed by atoms with Crippen LogP contribution in [0.5, 0.6) is 11.5 Å². The Labute approximate surface area is 189 Å². The van der Waals surface area contributed by atoms with Gasteiger partial charge >= 0.3 is 0 Å². The molecule has 1 heterocycles. The normalized spacial score (nSPS) is 10.5. The van der Waals surface area contributed by atoms with Crippen molar-refractivity contribution < 1.29 is 14.3 Å². The molecular formula is C21H22ClN3O3S2. The second-order valence-electron chi connectivity index (χ2n) is 6.17. The Bertz CT molecular complexity index is 1030. The zero-order valence-electron chi connectivity index (χ0n) is 16.8. The van der Waals surface area contributed by atoms with E-state index in [9.17, 15) is 4.79 Å². The number of nitrogens with one attached hydrogen (secondary N) is 2. The van der Waals surface area contributed by atoms with Crippen LogP contribution in [-0.2, 0) is 13.1 Å². The molecule has 0 atom stereocenters. The molecule has 0 unspecified atom stereocenters. The van der Waals surface area contributed by atoms with Crippen molar-refractivity contribution in [3.8, 4) is 11.5 Å². The minimum absolute atomic E-state index is 0.258. The fraction of sp³-hybridized carbons (Fsp3) is 0.238. The van der Waals surface area contributed by atoms with E-state index in [4.69, 9.17) is 21.1 Å². The summed E-state index contributed by atoms with van der Waals surface area (Å²) in [6.45, 7) is 0.810. The number of nitrogens with zero attached hydrogens (tertiary/aromatic N) is 1. The van der Waals surface area contributed by atoms with Crippen LogP contribution in [0.3, 0.4) is 0 Å². The van der Waals surface area contributed by atoms with Gasteiger partial charge in [-0.05, 0) is 30.0 Å². The molecule has 0 fully saturated rings. The number of thioether (sulfide) groups is 1. The van der Waals surface area contributed by atoms with E-state index in [1.54, 1.807) is 20.3 Å². The first-order valence-corrected chi connectivity index (χ1v) is 11.5. The second kappa shape index (κ2) is 10.6. The molecule has 0 radical (unpaired) electrons. The molecule has 0 saturated heterocycles. The van der Waals surface area contributed by atoms with Gasteiger partial charge in [-0.2, -0.15) is 0 Å². The van der Waals surface area contributed by atoms with Crippen molar-refractivity contribution >= 4 is 45.6 Å². The van der Waals surface area contributed by atoms with E-state index in [0.717, 1.165) is 15.5 Å². The molecule has 2 N–H and O–H groups in total. The van der Waals surface area contributed by atoms with Gasteiger partial charge in [-0.15, -0.1) is 0 Å². The highest BCUT2D eigenvalue weighted by molar-refractivity contribution is 8.00. The molecule has 1 aromatic heterocycles. The largest absolute Gasteiger partial charge is 0.497 e. The van der Waals surface area contributed by atoms with Gasteiger partial charge in [0, 0.05) is 29.7 Å². The van der Waals surface area contributed by atoms with Gasteiger partial charge in [-0.1, -0.05) is 52.9 Å². The van der Waals surface area contributed by atoms with Crippen LogP contribution in [0.15, 0.2) is 46.8 Å². The topological polar surface area (TPSA) is 72.5 Å². The van der Waals surface area contributed by atoms with Crippen LogP contribution in [0, 0.1) is 0 Å². The van der Waals surface area contributed by atoms with E-state index in [2.05, 4.69) is 15.6 Å². The zero-order valence-corrected chi connectivity index (χ0v) is 19.2. The number of carbonyl (C=O) groups is 1. The average molecular weight is 464 g/mol. The van der Waals surface area contributed by atoms with Crippen molar-refractivity contribution in [1.29, 1.82) is 0 Å². The summed E-state index contributed by atoms with van der Waals surface area (Å²) in [4.78, 5) is 17.3. The summed E-state index contributed by atoms with van der Waals surface area (Å²) in [5.41, 5.74) is 2.16. The molecule has 6 nitrogen and oxygen atoms in total. The molecule has 9 heteroatoms. The number of ether oxygens (including phenoxy) is 2. The Morgan fingerprint density at radius 1 is 1.13 bits per heavy atom. The summed E-state index contributed by atoms with van der Waals surface area (Å²) in [5, 5.41) is 7.61. The van der Waals surface area contributed by atoms with E-state index in [0.29, 0.717) is 40.3 Å². The third-order valence-electron chi connectivity index (χ3n) is 4.33. The molecule has 158 valence electrons. The predicted molar refractivity (Wildman–Crippen MR) is 123 cm³/mol. The predicted octanol–water partition coefficient (Wildman–Crippen LogP) is 5.08. The molecule has 2 aromatic carbocycles. The quantitative estimate of drug-likeness (QED) is 0.431. The Kier molecular flexibility index (Phi) is 7.84. The number of methoxy groups -OCH3 is 2. The SMILES string of the molecule is COc1ccc(CNC(=O)c2nc(SC)sc2NCc2ccccc2Cl)c(OC)c1. The van der Waals surface area contributed by atoms with Gasteiger partial charge in [-0.3, -0.25) is 4.79 Å². The lowest BCUT2D eigenvalue weighted by Crippen LogP contribution is -2.24. The molecule has 0 aliphatic heterocycles. The molecule has 3 rings (SSSR count). The highest BCUT2D eigenvalue weighted by Gasteiger charge is 2.19. The maximum Gasteiger partial charge on any atom is 0.273 e. The third kappa shape index (κ3) is 5.38. The summed E-state index contributed by atoms with van der Waals surface area (Å²) in [6.07, 6.45) is 1.93. The monoisotopic (exact) mass is 463 g/mol. The van der Waals surface area contributed by atoms with Crippen LogP contribution in [-0.4, -0.2) is 31.4 Å². The lowest BCUT2D eigenvalue weighted by molar-refractivity contribution is 0.0946. The molecule has 3 aromatic rings. The van der Waals surface area contributed by atoms with Crippen LogP contribution in [0.25, 0.3) is 0 Å². The van der Waals surface area contributed by atoms with Crippen molar-refractivity contribution in [3.05, 3.63) is 64.3 Å². The highest BCUT2D eigenvalue weighted by Crippen LogP contribution is 2.31. The van der Waals surface area contributed by atoms with E-state index in [1.807, 2.05) is 42.7 Å². The zero-order chi connectivity index (χ0) is 21.5. The third-order valence-corrected chi connectivity index (χ3v) is 6.70. The average Bonchev–Trinajstić information content (AvgIpc) is 3.20. The van der Waals surface area contributed by atoms with Crippen molar-refractivity contribution in [1.82, 2.24) is 10.3 Å². The fourth-order valence-corrected chi connectivity index (χ4v) is 4.40. The summed E-state index contributed by atoms with van der Waals surface area (Å²) in [7, 11) is 3.18. The number of benzene rings is 2. The number of anilines is 1. The minimum Gasteiger partial charge on any atom is -0.497 e. The van der Waals surface area contributed by atoms with Crippen molar-refractivity contribution in [2.75, 3.05) is 25.8 Å². The second-order valence-corrected chi connectivity index (χ2v) is 8.63. The number of amides is 1. The summed E-state index contributed by atoms with van der Waals surface area (Å²) < 4.78 is 11.4. The molecule has 0 saturated carbocycles. The molecule has 0 aliphatic carbocycles. The lowest BCUT2D eigenvalue weighted by Gasteiger charge is -2.12. The standard InChI is InChI=1S/C21H22ClN3O3S2/c1-27-15-9-8-14(17(10-15)28-2)12-23-19(26)18-20(30-21(25-18)29-3)24-11-13-6-4-5-7-16(13)22/h4-10,24H,11-12H2,1-3H3,(H,23,26). The van der Waals surface area contributed by atoms with E-state index >= 15 is 0 Å². The summed E-state index contributed by atoms with van der Waals surface area (Å²) in [6, 6.07) is 13.1. The summed E-state index contributed by atoms with van der Waals surface area (Å²) in [5.74, 6) is 1.08. The number of aromatic nitrogens is 1. The Balaban J connectivity index is 1.72. The molecule has 0 aliphatic rings. The van der Waals surface area contributed by atoms with Crippen LogP contribution in [0.1, 0.15) is 21.6 Å². The highest BCUT2D eigenvalue weighted by atomic mass is 35.5. The Hall–Kier alpha value is -2.42. The van der Waals surface area contributed by atoms with Gasteiger partial charge in [0.15, 0.2) is 10.0 Å². The van der Waals surface area contributed by atoms with Crippen LogP contribution < -0.4 is 20.1 Å².